The van der Waals surface area contributed by atoms with Crippen molar-refractivity contribution in [3.8, 4) is 0 Å². The van der Waals surface area contributed by atoms with E-state index in [1.54, 1.807) is 0 Å². The Morgan fingerprint density at radius 1 is 1.25 bits per heavy atom. The zero-order valence-corrected chi connectivity index (χ0v) is 10.3. The van der Waals surface area contributed by atoms with E-state index in [2.05, 4.69) is 13.0 Å². The van der Waals surface area contributed by atoms with E-state index >= 15 is 0 Å². The quantitative estimate of drug-likeness (QED) is 0.588. The third-order valence-corrected chi connectivity index (χ3v) is 3.93. The van der Waals surface area contributed by atoms with Gasteiger partial charge in [0.05, 0.1) is 6.10 Å². The fraction of sp³-hybridized carbons (Fsp3) is 0.857. The Morgan fingerprint density at radius 3 is 2.62 bits per heavy atom. The highest BCUT2D eigenvalue weighted by Crippen LogP contribution is 2.28. The Bertz CT molecular complexity index is 239. The molecule has 1 fully saturated rings. The molecule has 92 valence electrons. The average molecular weight is 224 g/mol. The Hall–Kier alpha value is -0.340. The van der Waals surface area contributed by atoms with Crippen molar-refractivity contribution in [1.29, 1.82) is 0 Å². The number of aliphatic hydroxyl groups is 1. The minimum atomic E-state index is -0.626. The maximum absolute atomic E-state index is 10.0. The molecule has 0 amide bonds. The van der Waals surface area contributed by atoms with Crippen molar-refractivity contribution in [3.05, 3.63) is 11.6 Å². The molecule has 0 aromatic rings. The van der Waals surface area contributed by atoms with Crippen LogP contribution in [-0.2, 0) is 4.74 Å². The molecule has 1 unspecified atom stereocenters. The molecule has 0 aromatic carbocycles. The van der Waals surface area contributed by atoms with Crippen LogP contribution in [0.15, 0.2) is 11.6 Å². The molecular weight excluding hydrogens is 200 g/mol. The van der Waals surface area contributed by atoms with Gasteiger partial charge in [-0.05, 0) is 62.9 Å². The molecule has 1 N–H and O–H groups in total. The van der Waals surface area contributed by atoms with Crippen LogP contribution in [0.1, 0.15) is 58.3 Å². The Labute approximate surface area is 98.7 Å². The molecule has 0 aliphatic heterocycles. The highest BCUT2D eigenvalue weighted by atomic mass is 16.6. The SMILES string of the molecule is CC1CCC(OC(O)C2=CCCCC2)CC1. The van der Waals surface area contributed by atoms with E-state index in [0.717, 1.165) is 37.2 Å². The lowest BCUT2D eigenvalue weighted by atomic mass is 9.89. The monoisotopic (exact) mass is 224 g/mol. The minimum absolute atomic E-state index is 0.286. The molecule has 1 saturated carbocycles. The van der Waals surface area contributed by atoms with Gasteiger partial charge in [0.1, 0.15) is 0 Å². The summed E-state index contributed by atoms with van der Waals surface area (Å²) in [6, 6.07) is 0. The van der Waals surface area contributed by atoms with Gasteiger partial charge in [-0.15, -0.1) is 0 Å². The first-order valence-corrected chi connectivity index (χ1v) is 6.78. The van der Waals surface area contributed by atoms with Gasteiger partial charge in [0.15, 0.2) is 6.29 Å². The van der Waals surface area contributed by atoms with E-state index < -0.39 is 6.29 Å². The summed E-state index contributed by atoms with van der Waals surface area (Å²) in [5, 5.41) is 10.0. The molecule has 16 heavy (non-hydrogen) atoms. The molecule has 0 spiro atoms. The van der Waals surface area contributed by atoms with Crippen LogP contribution in [0.5, 0.6) is 0 Å². The predicted octanol–water partition coefficient (Wildman–Crippen LogP) is 3.40. The van der Waals surface area contributed by atoms with E-state index in [1.807, 2.05) is 0 Å². The number of allylic oxidation sites excluding steroid dienone is 1. The smallest absolute Gasteiger partial charge is 0.177 e. The van der Waals surface area contributed by atoms with Crippen molar-refractivity contribution in [1.82, 2.24) is 0 Å². The van der Waals surface area contributed by atoms with Crippen molar-refractivity contribution >= 4 is 0 Å². The third kappa shape index (κ3) is 3.33. The van der Waals surface area contributed by atoms with Crippen LogP contribution in [0.3, 0.4) is 0 Å². The summed E-state index contributed by atoms with van der Waals surface area (Å²) in [5.41, 5.74) is 1.12. The molecule has 2 heteroatoms. The molecule has 2 aliphatic carbocycles. The Kier molecular flexibility index (Phi) is 4.42. The average Bonchev–Trinajstić information content (AvgIpc) is 2.33. The van der Waals surface area contributed by atoms with Gasteiger partial charge in [0.2, 0.25) is 0 Å². The molecule has 2 nitrogen and oxygen atoms in total. The van der Waals surface area contributed by atoms with Crippen LogP contribution in [0.2, 0.25) is 0 Å². The zero-order chi connectivity index (χ0) is 11.4. The van der Waals surface area contributed by atoms with Crippen LogP contribution in [-0.4, -0.2) is 17.5 Å². The lowest BCUT2D eigenvalue weighted by molar-refractivity contribution is -0.125. The molecule has 0 saturated heterocycles. The van der Waals surface area contributed by atoms with Crippen molar-refractivity contribution in [2.24, 2.45) is 5.92 Å². The maximum atomic E-state index is 10.0. The van der Waals surface area contributed by atoms with Gasteiger partial charge in [-0.1, -0.05) is 13.0 Å². The van der Waals surface area contributed by atoms with Crippen LogP contribution in [0.25, 0.3) is 0 Å². The van der Waals surface area contributed by atoms with Gasteiger partial charge in [-0.3, -0.25) is 0 Å². The summed E-state index contributed by atoms with van der Waals surface area (Å²) in [6.45, 7) is 2.30. The maximum Gasteiger partial charge on any atom is 0.177 e. The van der Waals surface area contributed by atoms with E-state index in [-0.39, 0.29) is 6.10 Å². The van der Waals surface area contributed by atoms with Gasteiger partial charge >= 0.3 is 0 Å². The van der Waals surface area contributed by atoms with Gasteiger partial charge in [0.25, 0.3) is 0 Å². The summed E-state index contributed by atoms with van der Waals surface area (Å²) < 4.78 is 5.77. The second kappa shape index (κ2) is 5.83. The van der Waals surface area contributed by atoms with E-state index in [0.29, 0.717) is 0 Å². The molecule has 0 aromatic heterocycles. The number of rotatable bonds is 3. The number of hydrogen-bond acceptors (Lipinski definition) is 2. The normalized spacial score (nSPS) is 33.2. The lowest BCUT2D eigenvalue weighted by Crippen LogP contribution is -2.27. The lowest BCUT2D eigenvalue weighted by Gasteiger charge is -2.29. The third-order valence-electron chi connectivity index (χ3n) is 3.93. The summed E-state index contributed by atoms with van der Waals surface area (Å²) >= 11 is 0. The molecular formula is C14H24O2. The minimum Gasteiger partial charge on any atom is -0.364 e. The van der Waals surface area contributed by atoms with E-state index in [9.17, 15) is 5.11 Å². The fourth-order valence-electron chi connectivity index (χ4n) is 2.72. The summed E-state index contributed by atoms with van der Waals surface area (Å²) in [6.07, 6.45) is 11.1. The first-order valence-electron chi connectivity index (χ1n) is 6.78. The molecule has 2 aliphatic rings. The molecule has 2 rings (SSSR count). The highest BCUT2D eigenvalue weighted by Gasteiger charge is 2.23. The first kappa shape index (κ1) is 12.1. The Morgan fingerprint density at radius 2 is 2.00 bits per heavy atom. The summed E-state index contributed by atoms with van der Waals surface area (Å²) in [4.78, 5) is 0. The molecule has 1 atom stereocenters. The number of aliphatic hydroxyl groups excluding tert-OH is 1. The van der Waals surface area contributed by atoms with E-state index in [4.69, 9.17) is 4.74 Å². The largest absolute Gasteiger partial charge is 0.364 e. The van der Waals surface area contributed by atoms with Crippen LogP contribution >= 0.6 is 0 Å². The van der Waals surface area contributed by atoms with Crippen LogP contribution in [0, 0.1) is 5.92 Å². The second-order valence-electron chi connectivity index (χ2n) is 5.40. The second-order valence-corrected chi connectivity index (χ2v) is 5.40. The molecule has 0 radical (unpaired) electrons. The molecule has 0 heterocycles. The van der Waals surface area contributed by atoms with Crippen molar-refractivity contribution in [3.63, 3.8) is 0 Å². The van der Waals surface area contributed by atoms with Crippen LogP contribution in [0.4, 0.5) is 0 Å². The zero-order valence-electron chi connectivity index (χ0n) is 10.3. The van der Waals surface area contributed by atoms with Gasteiger partial charge < -0.3 is 9.84 Å². The number of ether oxygens (including phenoxy) is 1. The van der Waals surface area contributed by atoms with Gasteiger partial charge in [-0.25, -0.2) is 0 Å². The van der Waals surface area contributed by atoms with Gasteiger partial charge in [0, 0.05) is 0 Å². The highest BCUT2D eigenvalue weighted by molar-refractivity contribution is 5.07. The fourth-order valence-corrected chi connectivity index (χ4v) is 2.72. The number of hydrogen-bond donors (Lipinski definition) is 1. The topological polar surface area (TPSA) is 29.5 Å². The van der Waals surface area contributed by atoms with Crippen molar-refractivity contribution in [2.75, 3.05) is 0 Å². The first-order chi connectivity index (χ1) is 7.75. The van der Waals surface area contributed by atoms with Gasteiger partial charge in [-0.2, -0.15) is 0 Å². The summed E-state index contributed by atoms with van der Waals surface area (Å²) in [7, 11) is 0. The van der Waals surface area contributed by atoms with Crippen molar-refractivity contribution in [2.45, 2.75) is 70.7 Å². The van der Waals surface area contributed by atoms with E-state index in [1.165, 1.54) is 25.7 Å². The van der Waals surface area contributed by atoms with Crippen molar-refractivity contribution < 1.29 is 9.84 Å². The molecule has 0 bridgehead atoms. The Balaban J connectivity index is 1.78. The standard InChI is InChI=1S/C14H24O2/c1-11-7-9-13(10-8-11)16-14(15)12-5-3-2-4-6-12/h5,11,13-15H,2-4,6-10H2,1H3. The summed E-state index contributed by atoms with van der Waals surface area (Å²) in [5.74, 6) is 0.839. The van der Waals surface area contributed by atoms with Crippen LogP contribution < -0.4 is 0 Å². The predicted molar refractivity (Wildman–Crippen MR) is 65.1 cm³/mol.